The van der Waals surface area contributed by atoms with E-state index >= 15 is 0 Å². The molecule has 0 saturated carbocycles. The average Bonchev–Trinajstić information content (AvgIpc) is 2.72. The molecular formula is C21H21FN2O4. The molecule has 6 nitrogen and oxygen atoms in total. The van der Waals surface area contributed by atoms with E-state index in [1.807, 2.05) is 0 Å². The van der Waals surface area contributed by atoms with E-state index in [0.29, 0.717) is 25.1 Å². The number of carbonyl (C=O) groups excluding carboxylic acids is 2. The summed E-state index contributed by atoms with van der Waals surface area (Å²) in [6.45, 7) is 1.16. The summed E-state index contributed by atoms with van der Waals surface area (Å²) >= 11 is 0. The minimum atomic E-state index is -0.999. The van der Waals surface area contributed by atoms with E-state index in [-0.39, 0.29) is 29.8 Å². The Labute approximate surface area is 162 Å². The van der Waals surface area contributed by atoms with Crippen molar-refractivity contribution in [3.63, 3.8) is 0 Å². The quantitative estimate of drug-likeness (QED) is 0.774. The molecule has 0 radical (unpaired) electrons. The Balaban J connectivity index is 1.55. The fourth-order valence-corrected chi connectivity index (χ4v) is 3.28. The number of hydrogen-bond acceptors (Lipinski definition) is 3. The van der Waals surface area contributed by atoms with Gasteiger partial charge in [-0.3, -0.25) is 4.79 Å². The van der Waals surface area contributed by atoms with Crippen molar-refractivity contribution >= 4 is 17.8 Å². The van der Waals surface area contributed by atoms with Gasteiger partial charge in [-0.25, -0.2) is 14.0 Å². The molecule has 1 atom stereocenters. The predicted octanol–water partition coefficient (Wildman–Crippen LogP) is 3.33. The number of piperidine rings is 1. The summed E-state index contributed by atoms with van der Waals surface area (Å²) in [5.41, 5.74) is 1.43. The molecule has 2 aromatic rings. The normalized spacial score (nSPS) is 16.5. The van der Waals surface area contributed by atoms with Crippen LogP contribution in [0, 0.1) is 11.7 Å². The maximum absolute atomic E-state index is 13.0. The Kier molecular flexibility index (Phi) is 6.03. The lowest BCUT2D eigenvalue weighted by Gasteiger charge is -2.32. The number of halogens is 1. The van der Waals surface area contributed by atoms with E-state index in [0.717, 1.165) is 12.0 Å². The molecule has 0 spiro atoms. The molecule has 1 unspecified atom stereocenters. The number of nitrogens with one attached hydrogen (secondary N) is 1. The summed E-state index contributed by atoms with van der Waals surface area (Å²) < 4.78 is 13.0. The van der Waals surface area contributed by atoms with Gasteiger partial charge in [0.25, 0.3) is 0 Å². The smallest absolute Gasteiger partial charge is 0.335 e. The molecule has 2 N–H and O–H groups in total. The van der Waals surface area contributed by atoms with Crippen LogP contribution in [-0.4, -0.2) is 40.9 Å². The van der Waals surface area contributed by atoms with Crippen molar-refractivity contribution < 1.29 is 23.9 Å². The largest absolute Gasteiger partial charge is 0.478 e. The van der Waals surface area contributed by atoms with Gasteiger partial charge in [-0.15, -0.1) is 0 Å². The molecule has 3 rings (SSSR count). The number of urea groups is 1. The highest BCUT2D eigenvalue weighted by Gasteiger charge is 2.29. The second kappa shape index (κ2) is 8.65. The molecule has 2 aromatic carbocycles. The second-order valence-corrected chi connectivity index (χ2v) is 6.82. The standard InChI is InChI=1S/C21H21FN2O4/c22-18-9-7-15(8-10-18)19(25)17-2-1-11-24(13-17)21(28)23-12-14-3-5-16(6-4-14)20(26)27/h3-10,17H,1-2,11-13H2,(H,23,28)(H,26,27). The monoisotopic (exact) mass is 384 g/mol. The molecule has 146 valence electrons. The first-order valence-corrected chi connectivity index (χ1v) is 9.09. The van der Waals surface area contributed by atoms with Gasteiger partial charge in [0.1, 0.15) is 5.82 Å². The first-order valence-electron chi connectivity index (χ1n) is 9.09. The predicted molar refractivity (Wildman–Crippen MR) is 101 cm³/mol. The highest BCUT2D eigenvalue weighted by molar-refractivity contribution is 5.98. The van der Waals surface area contributed by atoms with Gasteiger partial charge in [0, 0.05) is 31.1 Å². The van der Waals surface area contributed by atoms with Crippen molar-refractivity contribution in [1.82, 2.24) is 10.2 Å². The van der Waals surface area contributed by atoms with Crippen molar-refractivity contribution in [1.29, 1.82) is 0 Å². The van der Waals surface area contributed by atoms with Crippen LogP contribution in [0.3, 0.4) is 0 Å². The van der Waals surface area contributed by atoms with E-state index in [9.17, 15) is 18.8 Å². The van der Waals surface area contributed by atoms with E-state index in [1.54, 1.807) is 17.0 Å². The molecule has 1 saturated heterocycles. The molecule has 0 aliphatic carbocycles. The first kappa shape index (κ1) is 19.5. The van der Waals surface area contributed by atoms with Gasteiger partial charge in [0.15, 0.2) is 5.78 Å². The number of rotatable bonds is 5. The molecular weight excluding hydrogens is 363 g/mol. The molecule has 28 heavy (non-hydrogen) atoms. The topological polar surface area (TPSA) is 86.7 Å². The van der Waals surface area contributed by atoms with Gasteiger partial charge >= 0.3 is 12.0 Å². The van der Waals surface area contributed by atoms with E-state index < -0.39 is 11.8 Å². The zero-order valence-electron chi connectivity index (χ0n) is 15.2. The number of hydrogen-bond donors (Lipinski definition) is 2. The lowest BCUT2D eigenvalue weighted by Crippen LogP contribution is -2.46. The summed E-state index contributed by atoms with van der Waals surface area (Å²) in [5, 5.41) is 11.7. The van der Waals surface area contributed by atoms with E-state index in [1.165, 1.54) is 36.4 Å². The van der Waals surface area contributed by atoms with Crippen LogP contribution in [0.1, 0.15) is 39.1 Å². The number of benzene rings is 2. The molecule has 1 aliphatic heterocycles. The van der Waals surface area contributed by atoms with Gasteiger partial charge in [-0.05, 0) is 54.8 Å². The van der Waals surface area contributed by atoms with Gasteiger partial charge in [0.2, 0.25) is 0 Å². The van der Waals surface area contributed by atoms with Crippen molar-refractivity contribution in [3.05, 3.63) is 71.0 Å². The minimum Gasteiger partial charge on any atom is -0.478 e. The summed E-state index contributed by atoms with van der Waals surface area (Å²) in [7, 11) is 0. The number of likely N-dealkylation sites (tertiary alicyclic amines) is 1. The van der Waals surface area contributed by atoms with Gasteiger partial charge in [-0.1, -0.05) is 12.1 Å². The number of carbonyl (C=O) groups is 3. The van der Waals surface area contributed by atoms with Gasteiger partial charge in [-0.2, -0.15) is 0 Å². The number of amides is 2. The average molecular weight is 384 g/mol. The van der Waals surface area contributed by atoms with Crippen LogP contribution in [-0.2, 0) is 6.54 Å². The fourth-order valence-electron chi connectivity index (χ4n) is 3.28. The molecule has 1 heterocycles. The number of carboxylic acid groups (broad SMARTS) is 1. The molecule has 1 fully saturated rings. The maximum atomic E-state index is 13.0. The molecule has 7 heteroatoms. The summed E-state index contributed by atoms with van der Waals surface area (Å²) in [5.74, 6) is -1.78. The summed E-state index contributed by atoms with van der Waals surface area (Å²) in [4.78, 5) is 37.6. The number of Topliss-reactive ketones (excluding diaryl/α,β-unsaturated/α-hetero) is 1. The maximum Gasteiger partial charge on any atom is 0.335 e. The van der Waals surface area contributed by atoms with Crippen molar-refractivity contribution in [2.75, 3.05) is 13.1 Å². The molecule has 1 aliphatic rings. The summed E-state index contributed by atoms with van der Waals surface area (Å²) in [6.07, 6.45) is 1.41. The highest BCUT2D eigenvalue weighted by atomic mass is 19.1. The van der Waals surface area contributed by atoms with Crippen LogP contribution in [0.4, 0.5) is 9.18 Å². The lowest BCUT2D eigenvalue weighted by molar-refractivity contribution is 0.0696. The van der Waals surface area contributed by atoms with Crippen LogP contribution in [0.25, 0.3) is 0 Å². The van der Waals surface area contributed by atoms with Crippen LogP contribution < -0.4 is 5.32 Å². The third kappa shape index (κ3) is 4.73. The van der Waals surface area contributed by atoms with Gasteiger partial charge in [0.05, 0.1) is 5.56 Å². The SMILES string of the molecule is O=C(O)c1ccc(CNC(=O)N2CCCC(C(=O)c3ccc(F)cc3)C2)cc1. The molecule has 0 aromatic heterocycles. The minimum absolute atomic E-state index is 0.0817. The zero-order valence-corrected chi connectivity index (χ0v) is 15.2. The van der Waals surface area contributed by atoms with E-state index in [4.69, 9.17) is 5.11 Å². The molecule has 0 bridgehead atoms. The van der Waals surface area contributed by atoms with Crippen molar-refractivity contribution in [3.8, 4) is 0 Å². The third-order valence-corrected chi connectivity index (χ3v) is 4.85. The van der Waals surface area contributed by atoms with Crippen LogP contribution >= 0.6 is 0 Å². The number of carboxylic acids is 1. The summed E-state index contributed by atoms with van der Waals surface area (Å²) in [6, 6.07) is 11.5. The third-order valence-electron chi connectivity index (χ3n) is 4.85. The highest BCUT2D eigenvalue weighted by Crippen LogP contribution is 2.21. The van der Waals surface area contributed by atoms with Crippen molar-refractivity contribution in [2.24, 2.45) is 5.92 Å². The van der Waals surface area contributed by atoms with Gasteiger partial charge < -0.3 is 15.3 Å². The molecule has 2 amide bonds. The lowest BCUT2D eigenvalue weighted by atomic mass is 9.90. The van der Waals surface area contributed by atoms with Crippen molar-refractivity contribution in [2.45, 2.75) is 19.4 Å². The Morgan fingerprint density at radius 1 is 1.04 bits per heavy atom. The fraction of sp³-hybridized carbons (Fsp3) is 0.286. The number of ketones is 1. The number of nitrogens with zero attached hydrogens (tertiary/aromatic N) is 1. The zero-order chi connectivity index (χ0) is 20.1. The second-order valence-electron chi connectivity index (χ2n) is 6.82. The Morgan fingerprint density at radius 3 is 2.32 bits per heavy atom. The number of aromatic carboxylic acids is 1. The Bertz CT molecular complexity index is 865. The van der Waals surface area contributed by atoms with E-state index in [2.05, 4.69) is 5.32 Å². The van der Waals surface area contributed by atoms with Crippen LogP contribution in [0.15, 0.2) is 48.5 Å². The Hall–Kier alpha value is -3.22. The van der Waals surface area contributed by atoms with Crippen LogP contribution in [0.5, 0.6) is 0 Å². The first-order chi connectivity index (χ1) is 13.4. The van der Waals surface area contributed by atoms with Crippen LogP contribution in [0.2, 0.25) is 0 Å². The Morgan fingerprint density at radius 2 is 1.68 bits per heavy atom.